The summed E-state index contributed by atoms with van der Waals surface area (Å²) in [6.07, 6.45) is 3.50. The zero-order valence-corrected chi connectivity index (χ0v) is 10.5. The Morgan fingerprint density at radius 2 is 2.19 bits per heavy atom. The zero-order valence-electron chi connectivity index (χ0n) is 9.66. The van der Waals surface area contributed by atoms with Crippen molar-refractivity contribution in [3.8, 4) is 5.75 Å². The number of thioether (sulfide) groups is 1. The highest BCUT2D eigenvalue weighted by Crippen LogP contribution is 2.23. The Morgan fingerprint density at radius 3 is 2.88 bits per heavy atom. The lowest BCUT2D eigenvalue weighted by molar-refractivity contribution is -0.116. The van der Waals surface area contributed by atoms with Crippen LogP contribution in [0.2, 0.25) is 0 Å². The molecular weight excluding hydrogens is 222 g/mol. The second-order valence-electron chi connectivity index (χ2n) is 3.34. The molecule has 1 aromatic carbocycles. The Morgan fingerprint density at radius 1 is 1.44 bits per heavy atom. The lowest BCUT2D eigenvalue weighted by atomic mass is 10.2. The predicted molar refractivity (Wildman–Crippen MR) is 69.2 cm³/mol. The first-order valence-electron chi connectivity index (χ1n) is 5.19. The molecule has 0 radical (unpaired) electrons. The fourth-order valence-electron chi connectivity index (χ4n) is 1.34. The highest BCUT2D eigenvalue weighted by Gasteiger charge is 2.05. The number of carbonyl (C=O) groups is 1. The SMILES string of the molecule is COc1ccccc1NC(=O)CCCSC. The van der Waals surface area contributed by atoms with Crippen LogP contribution in [0.25, 0.3) is 0 Å². The molecular formula is C12H17NO2S. The lowest BCUT2D eigenvalue weighted by Crippen LogP contribution is -2.12. The zero-order chi connectivity index (χ0) is 11.8. The summed E-state index contributed by atoms with van der Waals surface area (Å²) >= 11 is 1.75. The Bertz CT molecular complexity index is 342. The summed E-state index contributed by atoms with van der Waals surface area (Å²) in [5, 5.41) is 2.85. The first-order valence-corrected chi connectivity index (χ1v) is 6.59. The Balaban J connectivity index is 2.49. The molecule has 0 heterocycles. The van der Waals surface area contributed by atoms with E-state index >= 15 is 0 Å². The highest BCUT2D eigenvalue weighted by molar-refractivity contribution is 7.98. The normalized spacial score (nSPS) is 9.88. The molecule has 1 N–H and O–H groups in total. The molecule has 0 unspecified atom stereocenters. The Hall–Kier alpha value is -1.16. The van der Waals surface area contributed by atoms with Gasteiger partial charge in [-0.15, -0.1) is 0 Å². The van der Waals surface area contributed by atoms with E-state index in [-0.39, 0.29) is 5.91 Å². The summed E-state index contributed by atoms with van der Waals surface area (Å²) in [6.45, 7) is 0. The first kappa shape index (κ1) is 12.9. The Kier molecular flexibility index (Phi) is 5.78. The maximum absolute atomic E-state index is 11.6. The molecule has 0 aliphatic rings. The first-order chi connectivity index (χ1) is 7.77. The van der Waals surface area contributed by atoms with Gasteiger partial charge in [0, 0.05) is 6.42 Å². The van der Waals surface area contributed by atoms with Crippen LogP contribution in [-0.4, -0.2) is 25.0 Å². The van der Waals surface area contributed by atoms with Crippen molar-refractivity contribution in [1.82, 2.24) is 0 Å². The van der Waals surface area contributed by atoms with E-state index in [9.17, 15) is 4.79 Å². The van der Waals surface area contributed by atoms with Gasteiger partial charge < -0.3 is 10.1 Å². The molecule has 1 rings (SSSR count). The number of hydrogen-bond donors (Lipinski definition) is 1. The average Bonchev–Trinajstić information content (AvgIpc) is 2.30. The minimum atomic E-state index is 0.0403. The lowest BCUT2D eigenvalue weighted by Gasteiger charge is -2.09. The summed E-state index contributed by atoms with van der Waals surface area (Å²) in [5.74, 6) is 1.75. The van der Waals surface area contributed by atoms with E-state index in [0.29, 0.717) is 12.2 Å². The molecule has 16 heavy (non-hydrogen) atoms. The number of carbonyl (C=O) groups excluding carboxylic acids is 1. The number of ether oxygens (including phenoxy) is 1. The number of hydrogen-bond acceptors (Lipinski definition) is 3. The number of nitrogens with one attached hydrogen (secondary N) is 1. The van der Waals surface area contributed by atoms with Crippen molar-refractivity contribution in [2.24, 2.45) is 0 Å². The van der Waals surface area contributed by atoms with Crippen molar-refractivity contribution in [3.63, 3.8) is 0 Å². The van der Waals surface area contributed by atoms with Crippen LogP contribution in [-0.2, 0) is 4.79 Å². The molecule has 0 aromatic heterocycles. The maximum atomic E-state index is 11.6. The van der Waals surface area contributed by atoms with Crippen LogP contribution in [0, 0.1) is 0 Å². The van der Waals surface area contributed by atoms with Crippen LogP contribution >= 0.6 is 11.8 Å². The molecule has 0 saturated heterocycles. The number of benzene rings is 1. The predicted octanol–water partition coefficient (Wildman–Crippen LogP) is 2.78. The second kappa shape index (κ2) is 7.17. The number of methoxy groups -OCH3 is 1. The van der Waals surface area contributed by atoms with E-state index < -0.39 is 0 Å². The van der Waals surface area contributed by atoms with Gasteiger partial charge in [0.05, 0.1) is 12.8 Å². The van der Waals surface area contributed by atoms with Crippen LogP contribution in [0.1, 0.15) is 12.8 Å². The van der Waals surface area contributed by atoms with Crippen molar-refractivity contribution in [2.75, 3.05) is 24.4 Å². The van der Waals surface area contributed by atoms with E-state index in [0.717, 1.165) is 17.9 Å². The van der Waals surface area contributed by atoms with Gasteiger partial charge in [-0.2, -0.15) is 11.8 Å². The van der Waals surface area contributed by atoms with E-state index in [4.69, 9.17) is 4.74 Å². The van der Waals surface area contributed by atoms with Crippen LogP contribution < -0.4 is 10.1 Å². The fraction of sp³-hybridized carbons (Fsp3) is 0.417. The van der Waals surface area contributed by atoms with Crippen LogP contribution in [0.4, 0.5) is 5.69 Å². The number of para-hydroxylation sites is 2. The van der Waals surface area contributed by atoms with E-state index in [2.05, 4.69) is 5.32 Å². The molecule has 4 heteroatoms. The van der Waals surface area contributed by atoms with Gasteiger partial charge in [0.25, 0.3) is 0 Å². The molecule has 0 aliphatic carbocycles. The van der Waals surface area contributed by atoms with Crippen LogP contribution in [0.5, 0.6) is 5.75 Å². The van der Waals surface area contributed by atoms with Crippen molar-refractivity contribution in [2.45, 2.75) is 12.8 Å². The van der Waals surface area contributed by atoms with Gasteiger partial charge in [0.1, 0.15) is 5.75 Å². The quantitative estimate of drug-likeness (QED) is 0.776. The molecule has 0 spiro atoms. The molecule has 0 saturated carbocycles. The minimum absolute atomic E-state index is 0.0403. The molecule has 0 atom stereocenters. The number of amides is 1. The third-order valence-electron chi connectivity index (χ3n) is 2.13. The summed E-state index contributed by atoms with van der Waals surface area (Å²) < 4.78 is 5.15. The highest BCUT2D eigenvalue weighted by atomic mass is 32.2. The topological polar surface area (TPSA) is 38.3 Å². The Labute approximate surface area is 101 Å². The van der Waals surface area contributed by atoms with Crippen LogP contribution in [0.3, 0.4) is 0 Å². The van der Waals surface area contributed by atoms with Gasteiger partial charge in [-0.1, -0.05) is 12.1 Å². The molecule has 0 aliphatic heterocycles. The minimum Gasteiger partial charge on any atom is -0.495 e. The monoisotopic (exact) mass is 239 g/mol. The summed E-state index contributed by atoms with van der Waals surface area (Å²) in [4.78, 5) is 11.6. The fourth-order valence-corrected chi connectivity index (χ4v) is 1.77. The van der Waals surface area contributed by atoms with Crippen molar-refractivity contribution < 1.29 is 9.53 Å². The third kappa shape index (κ3) is 4.14. The molecule has 0 bridgehead atoms. The van der Waals surface area contributed by atoms with Crippen molar-refractivity contribution in [3.05, 3.63) is 24.3 Å². The van der Waals surface area contributed by atoms with E-state index in [1.807, 2.05) is 30.5 Å². The maximum Gasteiger partial charge on any atom is 0.224 e. The van der Waals surface area contributed by atoms with Gasteiger partial charge in [-0.05, 0) is 30.6 Å². The second-order valence-corrected chi connectivity index (χ2v) is 4.33. The molecule has 1 aromatic rings. The van der Waals surface area contributed by atoms with Crippen molar-refractivity contribution in [1.29, 1.82) is 0 Å². The number of anilines is 1. The van der Waals surface area contributed by atoms with Gasteiger partial charge in [-0.25, -0.2) is 0 Å². The van der Waals surface area contributed by atoms with Gasteiger partial charge in [-0.3, -0.25) is 4.79 Å². The smallest absolute Gasteiger partial charge is 0.224 e. The molecule has 88 valence electrons. The molecule has 1 amide bonds. The van der Waals surface area contributed by atoms with Gasteiger partial charge in [0.2, 0.25) is 5.91 Å². The summed E-state index contributed by atoms with van der Waals surface area (Å²) in [5.41, 5.74) is 0.735. The molecule has 0 fully saturated rings. The molecule has 3 nitrogen and oxygen atoms in total. The van der Waals surface area contributed by atoms with Crippen LogP contribution in [0.15, 0.2) is 24.3 Å². The van der Waals surface area contributed by atoms with Crippen molar-refractivity contribution >= 4 is 23.4 Å². The third-order valence-corrected chi connectivity index (χ3v) is 2.83. The number of rotatable bonds is 6. The standard InChI is InChI=1S/C12H17NO2S/c1-15-11-7-4-3-6-10(11)13-12(14)8-5-9-16-2/h3-4,6-7H,5,8-9H2,1-2H3,(H,13,14). The summed E-state index contributed by atoms with van der Waals surface area (Å²) in [7, 11) is 1.60. The summed E-state index contributed by atoms with van der Waals surface area (Å²) in [6, 6.07) is 7.42. The average molecular weight is 239 g/mol. The largest absolute Gasteiger partial charge is 0.495 e. The van der Waals surface area contributed by atoms with Gasteiger partial charge >= 0.3 is 0 Å². The van der Waals surface area contributed by atoms with E-state index in [1.165, 1.54) is 0 Å². The van der Waals surface area contributed by atoms with Gasteiger partial charge in [0.15, 0.2) is 0 Å². The van der Waals surface area contributed by atoms with E-state index in [1.54, 1.807) is 18.9 Å².